The molecule has 1 aliphatic carbocycles. The SMILES string of the molecule is CNC(=O)[C@@]1(OCc2cccc(Cl)c2)CC(OCc2cccc(OC(F)(F)F)c2)[C@@H]2OC(C)(C)O[C@@H]2C1. The first kappa shape index (κ1) is 27.7. The Balaban J connectivity index is 1.55. The topological polar surface area (TPSA) is 75.3 Å². The Bertz CT molecular complexity index is 1110. The van der Waals surface area contributed by atoms with Crippen molar-refractivity contribution >= 4 is 17.5 Å². The number of alkyl halides is 3. The molecule has 2 fully saturated rings. The van der Waals surface area contributed by atoms with Crippen molar-refractivity contribution in [1.29, 1.82) is 0 Å². The summed E-state index contributed by atoms with van der Waals surface area (Å²) in [6.07, 6.45) is -6.08. The molecule has 4 rings (SSSR count). The monoisotopic (exact) mass is 543 g/mol. The van der Waals surface area contributed by atoms with E-state index < -0.39 is 36.1 Å². The molecule has 0 radical (unpaired) electrons. The summed E-state index contributed by atoms with van der Waals surface area (Å²) >= 11 is 6.10. The number of fused-ring (bicyclic) bond motifs is 1. The van der Waals surface area contributed by atoms with Gasteiger partial charge in [0.1, 0.15) is 11.9 Å². The van der Waals surface area contributed by atoms with E-state index in [1.807, 2.05) is 6.07 Å². The summed E-state index contributed by atoms with van der Waals surface area (Å²) in [6.45, 7) is 3.63. The average molecular weight is 544 g/mol. The van der Waals surface area contributed by atoms with Crippen molar-refractivity contribution < 1.29 is 41.7 Å². The highest BCUT2D eigenvalue weighted by Gasteiger charge is 2.57. The number of carbonyl (C=O) groups excluding carboxylic acids is 1. The highest BCUT2D eigenvalue weighted by molar-refractivity contribution is 6.30. The number of halogens is 4. The predicted molar refractivity (Wildman–Crippen MR) is 128 cm³/mol. The standard InChI is InChI=1S/C26H29ClF3NO6/c1-24(2)36-21-13-25(23(32)31-3,34-15-16-6-4-8-18(27)10-16)12-20(22(21)37-24)33-14-17-7-5-9-19(11-17)35-26(28,29)30/h4-11,20-22H,12-15H2,1-3H3,(H,31,32)/t20?,21-,22+,25-/m1/s1. The fourth-order valence-electron chi connectivity index (χ4n) is 4.82. The Morgan fingerprint density at radius 3 is 2.46 bits per heavy atom. The summed E-state index contributed by atoms with van der Waals surface area (Å²) < 4.78 is 66.6. The van der Waals surface area contributed by atoms with E-state index in [1.54, 1.807) is 38.1 Å². The first-order valence-corrected chi connectivity index (χ1v) is 12.2. The second kappa shape index (κ2) is 10.8. The maximum atomic E-state index is 13.2. The fourth-order valence-corrected chi connectivity index (χ4v) is 5.03. The first-order chi connectivity index (χ1) is 17.4. The number of amides is 1. The Morgan fingerprint density at radius 2 is 1.78 bits per heavy atom. The molecular formula is C26H29ClF3NO6. The molecule has 1 N–H and O–H groups in total. The van der Waals surface area contributed by atoms with E-state index >= 15 is 0 Å². The number of carbonyl (C=O) groups is 1. The van der Waals surface area contributed by atoms with Crippen LogP contribution in [0.1, 0.15) is 37.8 Å². The molecule has 1 unspecified atom stereocenters. The van der Waals surface area contributed by atoms with Crippen LogP contribution in [0.3, 0.4) is 0 Å². The minimum atomic E-state index is -4.80. The molecule has 11 heteroatoms. The largest absolute Gasteiger partial charge is 0.573 e. The summed E-state index contributed by atoms with van der Waals surface area (Å²) in [5.74, 6) is -1.60. The van der Waals surface area contributed by atoms with Gasteiger partial charge in [-0.1, -0.05) is 35.9 Å². The molecule has 1 saturated carbocycles. The minimum Gasteiger partial charge on any atom is -0.406 e. The van der Waals surface area contributed by atoms with Crippen molar-refractivity contribution in [2.24, 2.45) is 0 Å². The number of ether oxygens (including phenoxy) is 5. The van der Waals surface area contributed by atoms with E-state index in [0.29, 0.717) is 10.6 Å². The van der Waals surface area contributed by atoms with Gasteiger partial charge in [-0.3, -0.25) is 4.79 Å². The van der Waals surface area contributed by atoms with Gasteiger partial charge in [-0.25, -0.2) is 0 Å². The third-order valence-corrected chi connectivity index (χ3v) is 6.53. The Morgan fingerprint density at radius 1 is 1.08 bits per heavy atom. The van der Waals surface area contributed by atoms with Gasteiger partial charge in [0.2, 0.25) is 0 Å². The van der Waals surface area contributed by atoms with Crippen LogP contribution in [-0.4, -0.2) is 49.0 Å². The lowest BCUT2D eigenvalue weighted by Crippen LogP contribution is -2.59. The molecule has 1 amide bonds. The molecule has 4 atom stereocenters. The lowest BCUT2D eigenvalue weighted by Gasteiger charge is -2.43. The molecule has 0 aromatic heterocycles. The van der Waals surface area contributed by atoms with Gasteiger partial charge in [0.05, 0.1) is 25.4 Å². The summed E-state index contributed by atoms with van der Waals surface area (Å²) in [4.78, 5) is 13.2. The molecule has 2 aromatic carbocycles. The molecule has 0 bridgehead atoms. The zero-order valence-corrected chi connectivity index (χ0v) is 21.4. The second-order valence-electron chi connectivity index (χ2n) is 9.58. The van der Waals surface area contributed by atoms with Crippen LogP contribution < -0.4 is 10.1 Å². The number of hydrogen-bond acceptors (Lipinski definition) is 6. The fraction of sp³-hybridized carbons (Fsp3) is 0.500. The number of nitrogens with one attached hydrogen (secondary N) is 1. The lowest BCUT2D eigenvalue weighted by molar-refractivity contribution is -0.274. The van der Waals surface area contributed by atoms with E-state index in [1.165, 1.54) is 25.2 Å². The van der Waals surface area contributed by atoms with Crippen LogP contribution in [0, 0.1) is 0 Å². The van der Waals surface area contributed by atoms with Gasteiger partial charge in [0, 0.05) is 24.9 Å². The lowest BCUT2D eigenvalue weighted by atomic mass is 9.78. The molecule has 2 aromatic rings. The minimum absolute atomic E-state index is 0.0369. The first-order valence-electron chi connectivity index (χ1n) is 11.8. The van der Waals surface area contributed by atoms with Crippen LogP contribution in [0.15, 0.2) is 48.5 Å². The molecule has 1 aliphatic heterocycles. The third kappa shape index (κ3) is 6.94. The molecule has 0 spiro atoms. The van der Waals surface area contributed by atoms with Gasteiger partial charge in [-0.2, -0.15) is 0 Å². The maximum Gasteiger partial charge on any atom is 0.573 e. The number of rotatable bonds is 8. The second-order valence-corrected chi connectivity index (χ2v) is 10.0. The van der Waals surface area contributed by atoms with E-state index in [4.69, 9.17) is 30.5 Å². The van der Waals surface area contributed by atoms with Gasteiger partial charge >= 0.3 is 6.36 Å². The highest BCUT2D eigenvalue weighted by atomic mass is 35.5. The highest BCUT2D eigenvalue weighted by Crippen LogP contribution is 2.44. The van der Waals surface area contributed by atoms with E-state index in [9.17, 15) is 18.0 Å². The van der Waals surface area contributed by atoms with Crippen molar-refractivity contribution in [3.63, 3.8) is 0 Å². The van der Waals surface area contributed by atoms with Crippen molar-refractivity contribution in [1.82, 2.24) is 5.32 Å². The molecule has 1 heterocycles. The third-order valence-electron chi connectivity index (χ3n) is 6.29. The molecule has 1 saturated heterocycles. The number of benzene rings is 2. The molecular weight excluding hydrogens is 515 g/mol. The van der Waals surface area contributed by atoms with Gasteiger partial charge in [-0.05, 0) is 49.2 Å². The van der Waals surface area contributed by atoms with Gasteiger partial charge in [0.15, 0.2) is 11.4 Å². The van der Waals surface area contributed by atoms with E-state index in [-0.39, 0.29) is 37.7 Å². The predicted octanol–water partition coefficient (Wildman–Crippen LogP) is 5.14. The summed E-state index contributed by atoms with van der Waals surface area (Å²) in [5.41, 5.74) is -0.0401. The van der Waals surface area contributed by atoms with Crippen molar-refractivity contribution in [3.05, 3.63) is 64.7 Å². The summed E-state index contributed by atoms with van der Waals surface area (Å²) in [5, 5.41) is 3.23. The zero-order chi connectivity index (χ0) is 26.8. The van der Waals surface area contributed by atoms with E-state index in [2.05, 4.69) is 10.1 Å². The van der Waals surface area contributed by atoms with Gasteiger partial charge < -0.3 is 29.0 Å². The van der Waals surface area contributed by atoms with Crippen LogP contribution in [0.4, 0.5) is 13.2 Å². The van der Waals surface area contributed by atoms with Gasteiger partial charge in [0.25, 0.3) is 5.91 Å². The van der Waals surface area contributed by atoms with Crippen LogP contribution in [0.2, 0.25) is 5.02 Å². The summed E-state index contributed by atoms with van der Waals surface area (Å²) in [7, 11) is 1.52. The van der Waals surface area contributed by atoms with E-state index in [0.717, 1.165) is 5.56 Å². The van der Waals surface area contributed by atoms with Crippen molar-refractivity contribution in [2.75, 3.05) is 7.05 Å². The average Bonchev–Trinajstić information content (AvgIpc) is 3.13. The quantitative estimate of drug-likeness (QED) is 0.497. The number of hydrogen-bond donors (Lipinski definition) is 1. The zero-order valence-electron chi connectivity index (χ0n) is 20.6. The molecule has 7 nitrogen and oxygen atoms in total. The Labute approximate surface area is 218 Å². The molecule has 37 heavy (non-hydrogen) atoms. The normalized spacial score (nSPS) is 26.9. The van der Waals surface area contributed by atoms with Crippen LogP contribution >= 0.6 is 11.6 Å². The van der Waals surface area contributed by atoms with Crippen molar-refractivity contribution in [3.8, 4) is 5.75 Å². The van der Waals surface area contributed by atoms with Gasteiger partial charge in [-0.15, -0.1) is 13.2 Å². The maximum absolute atomic E-state index is 13.2. The smallest absolute Gasteiger partial charge is 0.406 e. The van der Waals surface area contributed by atoms with Crippen LogP contribution in [-0.2, 0) is 37.0 Å². The van der Waals surface area contributed by atoms with Crippen LogP contribution in [0.5, 0.6) is 5.75 Å². The molecule has 202 valence electrons. The van der Waals surface area contributed by atoms with Crippen molar-refractivity contribution in [2.45, 2.75) is 76.0 Å². The molecule has 2 aliphatic rings. The summed E-state index contributed by atoms with van der Waals surface area (Å²) in [6, 6.07) is 12.7. The number of likely N-dealkylation sites (N-methyl/N-ethyl adjacent to an activating group) is 1. The Kier molecular flexibility index (Phi) is 8.06. The van der Waals surface area contributed by atoms with Crippen LogP contribution in [0.25, 0.3) is 0 Å². The Hall–Kier alpha value is -2.37.